The van der Waals surface area contributed by atoms with Crippen molar-refractivity contribution in [1.29, 1.82) is 0 Å². The van der Waals surface area contributed by atoms with Crippen LogP contribution in [0.5, 0.6) is 0 Å². The molecule has 1 saturated heterocycles. The number of amides is 3. The second-order valence-electron chi connectivity index (χ2n) is 8.20. The van der Waals surface area contributed by atoms with E-state index in [2.05, 4.69) is 29.6 Å². The van der Waals surface area contributed by atoms with Gasteiger partial charge in [0.25, 0.3) is 0 Å². The van der Waals surface area contributed by atoms with Crippen LogP contribution in [0, 0.1) is 6.92 Å². The van der Waals surface area contributed by atoms with Crippen LogP contribution < -0.4 is 10.2 Å². The highest BCUT2D eigenvalue weighted by molar-refractivity contribution is 5.96. The van der Waals surface area contributed by atoms with Crippen LogP contribution in [0.3, 0.4) is 0 Å². The number of rotatable bonds is 8. The summed E-state index contributed by atoms with van der Waals surface area (Å²) in [6.45, 7) is 3.81. The van der Waals surface area contributed by atoms with Gasteiger partial charge >= 0.3 is 6.03 Å². The quantitative estimate of drug-likeness (QED) is 0.572. The van der Waals surface area contributed by atoms with Gasteiger partial charge in [-0.05, 0) is 36.6 Å². The molecule has 0 aromatic heterocycles. The van der Waals surface area contributed by atoms with Gasteiger partial charge in [0.1, 0.15) is 6.54 Å². The molecule has 0 radical (unpaired) electrons. The zero-order chi connectivity index (χ0) is 22.3. The van der Waals surface area contributed by atoms with E-state index in [9.17, 15) is 9.59 Å². The van der Waals surface area contributed by atoms with Crippen molar-refractivity contribution in [1.82, 2.24) is 10.2 Å². The first-order valence-electron chi connectivity index (χ1n) is 11.1. The van der Waals surface area contributed by atoms with Gasteiger partial charge in [0.2, 0.25) is 5.91 Å². The fourth-order valence-corrected chi connectivity index (χ4v) is 4.18. The molecule has 4 rings (SSSR count). The highest BCUT2D eigenvalue weighted by atomic mass is 16.2. The summed E-state index contributed by atoms with van der Waals surface area (Å²) in [4.78, 5) is 28.7. The number of hydrogen-bond donors (Lipinski definition) is 1. The standard InChI is InChI=1S/C27H29N3O2/c1-21-12-14-24(15-13-21)30-19-18-29(27(30)32)20-26(31)28-17-16-25(22-8-4-2-5-9-22)23-10-6-3-7-11-23/h2-15,25H,16-20H2,1H3,(H,28,31). The zero-order valence-electron chi connectivity index (χ0n) is 18.4. The number of nitrogens with zero attached hydrogens (tertiary/aromatic N) is 2. The van der Waals surface area contributed by atoms with Crippen molar-refractivity contribution in [2.75, 3.05) is 31.1 Å². The zero-order valence-corrected chi connectivity index (χ0v) is 18.4. The molecule has 1 N–H and O–H groups in total. The Labute approximate surface area is 189 Å². The van der Waals surface area contributed by atoms with E-state index in [1.54, 1.807) is 9.80 Å². The predicted octanol–water partition coefficient (Wildman–Crippen LogP) is 4.58. The average Bonchev–Trinajstić information content (AvgIpc) is 3.18. The van der Waals surface area contributed by atoms with Crippen LogP contribution in [0.4, 0.5) is 10.5 Å². The first kappa shape index (κ1) is 21.6. The lowest BCUT2D eigenvalue weighted by molar-refractivity contribution is -0.121. The summed E-state index contributed by atoms with van der Waals surface area (Å²) in [5, 5.41) is 3.01. The molecule has 1 fully saturated rings. The molecular weight excluding hydrogens is 398 g/mol. The highest BCUT2D eigenvalue weighted by Crippen LogP contribution is 2.27. The molecule has 3 aromatic rings. The van der Waals surface area contributed by atoms with Crippen LogP contribution in [0.25, 0.3) is 0 Å². The van der Waals surface area contributed by atoms with Gasteiger partial charge in [-0.25, -0.2) is 4.79 Å². The maximum atomic E-state index is 12.8. The third-order valence-electron chi connectivity index (χ3n) is 5.93. The summed E-state index contributed by atoms with van der Waals surface area (Å²) in [5.41, 5.74) is 4.49. The van der Waals surface area contributed by atoms with E-state index in [1.165, 1.54) is 11.1 Å². The minimum absolute atomic E-state index is 0.0858. The number of anilines is 1. The van der Waals surface area contributed by atoms with Crippen LogP contribution in [0.1, 0.15) is 29.0 Å². The molecule has 3 aromatic carbocycles. The number of urea groups is 1. The monoisotopic (exact) mass is 427 g/mol. The first-order chi connectivity index (χ1) is 15.6. The Morgan fingerprint density at radius 3 is 2.06 bits per heavy atom. The van der Waals surface area contributed by atoms with Gasteiger partial charge in [0.15, 0.2) is 0 Å². The van der Waals surface area contributed by atoms with Crippen LogP contribution in [0.2, 0.25) is 0 Å². The number of aryl methyl sites for hydroxylation is 1. The highest BCUT2D eigenvalue weighted by Gasteiger charge is 2.30. The summed E-state index contributed by atoms with van der Waals surface area (Å²) < 4.78 is 0. The molecule has 1 aliphatic rings. The van der Waals surface area contributed by atoms with E-state index in [0.29, 0.717) is 19.6 Å². The molecule has 0 spiro atoms. The Kier molecular flexibility index (Phi) is 6.85. The molecule has 0 unspecified atom stereocenters. The van der Waals surface area contributed by atoms with Gasteiger partial charge in [-0.1, -0.05) is 78.4 Å². The van der Waals surface area contributed by atoms with Crippen molar-refractivity contribution in [3.05, 3.63) is 102 Å². The van der Waals surface area contributed by atoms with E-state index >= 15 is 0 Å². The maximum absolute atomic E-state index is 12.8. The molecule has 0 saturated carbocycles. The largest absolute Gasteiger partial charge is 0.355 e. The third-order valence-corrected chi connectivity index (χ3v) is 5.93. The molecule has 5 nitrogen and oxygen atoms in total. The molecule has 0 aliphatic carbocycles. The average molecular weight is 428 g/mol. The molecule has 0 bridgehead atoms. The SMILES string of the molecule is Cc1ccc(N2CCN(CC(=O)NCCC(c3ccccc3)c3ccccc3)C2=O)cc1. The molecule has 1 aliphatic heterocycles. The topological polar surface area (TPSA) is 52.6 Å². The normalized spacial score (nSPS) is 13.6. The minimum atomic E-state index is -0.121. The van der Waals surface area contributed by atoms with Gasteiger partial charge in [0, 0.05) is 31.2 Å². The Morgan fingerprint density at radius 2 is 1.47 bits per heavy atom. The smallest absolute Gasteiger partial charge is 0.325 e. The minimum Gasteiger partial charge on any atom is -0.355 e. The molecule has 0 atom stereocenters. The van der Waals surface area contributed by atoms with E-state index in [-0.39, 0.29) is 24.4 Å². The second kappa shape index (κ2) is 10.1. The van der Waals surface area contributed by atoms with Crippen molar-refractivity contribution in [2.45, 2.75) is 19.3 Å². The summed E-state index contributed by atoms with van der Waals surface area (Å²) in [7, 11) is 0. The van der Waals surface area contributed by atoms with Crippen molar-refractivity contribution in [3.8, 4) is 0 Å². The van der Waals surface area contributed by atoms with Crippen molar-refractivity contribution < 1.29 is 9.59 Å². The van der Waals surface area contributed by atoms with Crippen LogP contribution in [0.15, 0.2) is 84.9 Å². The molecule has 3 amide bonds. The van der Waals surface area contributed by atoms with Gasteiger partial charge < -0.3 is 10.2 Å². The predicted molar refractivity (Wildman–Crippen MR) is 128 cm³/mol. The number of benzene rings is 3. The number of carbonyl (C=O) groups is 2. The van der Waals surface area contributed by atoms with Gasteiger partial charge in [-0.2, -0.15) is 0 Å². The Balaban J connectivity index is 1.31. The van der Waals surface area contributed by atoms with Crippen LogP contribution >= 0.6 is 0 Å². The van der Waals surface area contributed by atoms with Crippen molar-refractivity contribution in [2.24, 2.45) is 0 Å². The summed E-state index contributed by atoms with van der Waals surface area (Å²) in [6, 6.07) is 28.5. The van der Waals surface area contributed by atoms with E-state index < -0.39 is 0 Å². The second-order valence-corrected chi connectivity index (χ2v) is 8.20. The molecule has 1 heterocycles. The van der Waals surface area contributed by atoms with Gasteiger partial charge in [-0.3, -0.25) is 9.69 Å². The van der Waals surface area contributed by atoms with Crippen molar-refractivity contribution >= 4 is 17.6 Å². The number of nitrogens with one attached hydrogen (secondary N) is 1. The van der Waals surface area contributed by atoms with E-state index in [4.69, 9.17) is 0 Å². The summed E-state index contributed by atoms with van der Waals surface area (Å²) in [5.74, 6) is 0.0899. The summed E-state index contributed by atoms with van der Waals surface area (Å²) in [6.07, 6.45) is 0.795. The molecule has 32 heavy (non-hydrogen) atoms. The van der Waals surface area contributed by atoms with E-state index in [1.807, 2.05) is 67.6 Å². The van der Waals surface area contributed by atoms with E-state index in [0.717, 1.165) is 17.7 Å². The van der Waals surface area contributed by atoms with Crippen LogP contribution in [-0.2, 0) is 4.79 Å². The fourth-order valence-electron chi connectivity index (χ4n) is 4.18. The van der Waals surface area contributed by atoms with Crippen molar-refractivity contribution in [3.63, 3.8) is 0 Å². The van der Waals surface area contributed by atoms with Gasteiger partial charge in [0.05, 0.1) is 0 Å². The fraction of sp³-hybridized carbons (Fsp3) is 0.259. The Bertz CT molecular complexity index is 996. The molecular formula is C27H29N3O2. The Hall–Kier alpha value is -3.60. The van der Waals surface area contributed by atoms with Gasteiger partial charge in [-0.15, -0.1) is 0 Å². The lowest BCUT2D eigenvalue weighted by Gasteiger charge is -2.20. The lowest BCUT2D eigenvalue weighted by atomic mass is 9.88. The molecule has 164 valence electrons. The lowest BCUT2D eigenvalue weighted by Crippen LogP contribution is -2.40. The number of hydrogen-bond acceptors (Lipinski definition) is 2. The summed E-state index contributed by atoms with van der Waals surface area (Å²) >= 11 is 0. The van der Waals surface area contributed by atoms with Crippen LogP contribution in [-0.4, -0.2) is 43.0 Å². The maximum Gasteiger partial charge on any atom is 0.325 e. The molecule has 5 heteroatoms. The number of carbonyl (C=O) groups excluding carboxylic acids is 2. The Morgan fingerprint density at radius 1 is 0.875 bits per heavy atom. The first-order valence-corrected chi connectivity index (χ1v) is 11.1. The third kappa shape index (κ3) is 5.17.